The van der Waals surface area contributed by atoms with Crippen molar-refractivity contribution in [2.24, 2.45) is 5.73 Å². The topological polar surface area (TPSA) is 46.3 Å². The molecule has 1 heterocycles. The van der Waals surface area contributed by atoms with Gasteiger partial charge in [0.15, 0.2) is 0 Å². The first-order valence-corrected chi connectivity index (χ1v) is 5.38. The van der Waals surface area contributed by atoms with Crippen LogP contribution in [0, 0.1) is 0 Å². The standard InChI is InChI=1S/C12H14N2O/c13-11-7-14(12(11)15)10-5-8-3-1-2-4-9(8)6-10/h1-4,10-11H,5-7,13H2. The number of fused-ring (bicyclic) bond motifs is 1. The molecule has 2 aliphatic rings. The maximum absolute atomic E-state index is 11.5. The highest BCUT2D eigenvalue weighted by molar-refractivity contribution is 5.88. The first-order valence-electron chi connectivity index (χ1n) is 5.38. The van der Waals surface area contributed by atoms with Crippen LogP contribution in [0.1, 0.15) is 11.1 Å². The van der Waals surface area contributed by atoms with Crippen LogP contribution >= 0.6 is 0 Å². The van der Waals surface area contributed by atoms with E-state index in [4.69, 9.17) is 5.73 Å². The minimum Gasteiger partial charge on any atom is -0.336 e. The smallest absolute Gasteiger partial charge is 0.241 e. The quantitative estimate of drug-likeness (QED) is 0.667. The lowest BCUT2D eigenvalue weighted by Crippen LogP contribution is -2.64. The van der Waals surface area contributed by atoms with Gasteiger partial charge in [-0.1, -0.05) is 24.3 Å². The van der Waals surface area contributed by atoms with Gasteiger partial charge in [-0.15, -0.1) is 0 Å². The van der Waals surface area contributed by atoms with E-state index in [9.17, 15) is 4.79 Å². The van der Waals surface area contributed by atoms with Crippen molar-refractivity contribution in [3.05, 3.63) is 35.4 Å². The monoisotopic (exact) mass is 202 g/mol. The van der Waals surface area contributed by atoms with Gasteiger partial charge in [0.1, 0.15) is 6.04 Å². The molecule has 1 aromatic rings. The second-order valence-corrected chi connectivity index (χ2v) is 4.43. The number of carbonyl (C=O) groups is 1. The lowest BCUT2D eigenvalue weighted by atomic mass is 10.0. The molecule has 1 unspecified atom stereocenters. The van der Waals surface area contributed by atoms with Crippen molar-refractivity contribution in [1.82, 2.24) is 4.90 Å². The first-order chi connectivity index (χ1) is 7.25. The summed E-state index contributed by atoms with van der Waals surface area (Å²) in [5.41, 5.74) is 8.36. The van der Waals surface area contributed by atoms with Crippen LogP contribution in [-0.4, -0.2) is 29.4 Å². The normalized spacial score (nSPS) is 25.3. The second-order valence-electron chi connectivity index (χ2n) is 4.43. The molecular formula is C12H14N2O. The highest BCUT2D eigenvalue weighted by Gasteiger charge is 2.40. The Labute approximate surface area is 88.9 Å². The van der Waals surface area contributed by atoms with Crippen LogP contribution in [-0.2, 0) is 17.6 Å². The summed E-state index contributed by atoms with van der Waals surface area (Å²) in [6.07, 6.45) is 1.99. The number of nitrogens with two attached hydrogens (primary N) is 1. The molecule has 3 rings (SSSR count). The molecule has 0 aromatic heterocycles. The predicted molar refractivity (Wildman–Crippen MR) is 57.3 cm³/mol. The zero-order chi connectivity index (χ0) is 10.4. The van der Waals surface area contributed by atoms with Crippen molar-refractivity contribution in [3.63, 3.8) is 0 Å². The number of benzene rings is 1. The fourth-order valence-corrected chi connectivity index (χ4v) is 2.57. The fourth-order valence-electron chi connectivity index (χ4n) is 2.57. The predicted octanol–water partition coefficient (Wildman–Crippen LogP) is 0.323. The Balaban J connectivity index is 1.77. The Morgan fingerprint density at radius 3 is 2.27 bits per heavy atom. The average molecular weight is 202 g/mol. The zero-order valence-corrected chi connectivity index (χ0v) is 8.52. The van der Waals surface area contributed by atoms with Gasteiger partial charge in [0, 0.05) is 12.6 Å². The van der Waals surface area contributed by atoms with E-state index in [1.54, 1.807) is 0 Å². The maximum Gasteiger partial charge on any atom is 0.241 e. The summed E-state index contributed by atoms with van der Waals surface area (Å²) >= 11 is 0. The van der Waals surface area contributed by atoms with Gasteiger partial charge in [-0.3, -0.25) is 4.79 Å². The van der Waals surface area contributed by atoms with Gasteiger partial charge in [-0.05, 0) is 24.0 Å². The molecule has 3 nitrogen and oxygen atoms in total. The van der Waals surface area contributed by atoms with Gasteiger partial charge in [-0.2, -0.15) is 0 Å². The molecule has 15 heavy (non-hydrogen) atoms. The van der Waals surface area contributed by atoms with E-state index in [0.29, 0.717) is 6.04 Å². The van der Waals surface area contributed by atoms with Crippen LogP contribution in [0.3, 0.4) is 0 Å². The van der Waals surface area contributed by atoms with E-state index in [-0.39, 0.29) is 11.9 Å². The first kappa shape index (κ1) is 8.92. The maximum atomic E-state index is 11.5. The largest absolute Gasteiger partial charge is 0.336 e. The number of amides is 1. The van der Waals surface area contributed by atoms with Crippen LogP contribution in [0.2, 0.25) is 0 Å². The summed E-state index contributed by atoms with van der Waals surface area (Å²) in [5.74, 6) is 0.118. The molecule has 1 amide bonds. The van der Waals surface area contributed by atoms with Crippen molar-refractivity contribution < 1.29 is 4.79 Å². The molecule has 1 aromatic carbocycles. The Bertz CT molecular complexity index is 391. The second kappa shape index (κ2) is 3.07. The number of hydrogen-bond donors (Lipinski definition) is 1. The molecule has 78 valence electrons. The minimum absolute atomic E-state index is 0.118. The molecule has 1 saturated heterocycles. The zero-order valence-electron chi connectivity index (χ0n) is 8.52. The molecule has 3 heteroatoms. The van der Waals surface area contributed by atoms with Gasteiger partial charge < -0.3 is 10.6 Å². The average Bonchev–Trinajstić information content (AvgIpc) is 2.67. The Kier molecular flexibility index (Phi) is 1.83. The van der Waals surface area contributed by atoms with Crippen LogP contribution in [0.25, 0.3) is 0 Å². The Morgan fingerprint density at radius 2 is 1.80 bits per heavy atom. The summed E-state index contributed by atoms with van der Waals surface area (Å²) in [5, 5.41) is 0. The summed E-state index contributed by atoms with van der Waals surface area (Å²) in [6, 6.07) is 8.54. The number of nitrogens with zero attached hydrogens (tertiary/aromatic N) is 1. The fraction of sp³-hybridized carbons (Fsp3) is 0.417. The summed E-state index contributed by atoms with van der Waals surface area (Å²) in [4.78, 5) is 13.4. The lowest BCUT2D eigenvalue weighted by molar-refractivity contribution is -0.145. The van der Waals surface area contributed by atoms with Crippen LogP contribution in [0.5, 0.6) is 0 Å². The van der Waals surface area contributed by atoms with E-state index in [1.165, 1.54) is 11.1 Å². The van der Waals surface area contributed by atoms with Crippen molar-refractivity contribution in [2.75, 3.05) is 6.54 Å². The molecule has 0 saturated carbocycles. The number of hydrogen-bond acceptors (Lipinski definition) is 2. The van der Waals surface area contributed by atoms with Crippen LogP contribution in [0.15, 0.2) is 24.3 Å². The van der Waals surface area contributed by atoms with Crippen molar-refractivity contribution in [3.8, 4) is 0 Å². The molecule has 1 fully saturated rings. The third-order valence-corrected chi connectivity index (χ3v) is 3.46. The third kappa shape index (κ3) is 1.27. The number of rotatable bonds is 1. The summed E-state index contributed by atoms with van der Waals surface area (Å²) in [6.45, 7) is 0.734. The Morgan fingerprint density at radius 1 is 1.20 bits per heavy atom. The molecule has 1 atom stereocenters. The van der Waals surface area contributed by atoms with Gasteiger partial charge in [0.05, 0.1) is 0 Å². The van der Waals surface area contributed by atoms with E-state index in [1.807, 2.05) is 4.90 Å². The van der Waals surface area contributed by atoms with E-state index in [2.05, 4.69) is 24.3 Å². The lowest BCUT2D eigenvalue weighted by Gasteiger charge is -2.40. The van der Waals surface area contributed by atoms with E-state index in [0.717, 1.165) is 19.4 Å². The highest BCUT2D eigenvalue weighted by atomic mass is 16.2. The highest BCUT2D eigenvalue weighted by Crippen LogP contribution is 2.28. The molecule has 2 N–H and O–H groups in total. The van der Waals surface area contributed by atoms with Gasteiger partial charge in [0.2, 0.25) is 5.91 Å². The SMILES string of the molecule is NC1CN(C2Cc3ccccc3C2)C1=O. The van der Waals surface area contributed by atoms with Crippen molar-refractivity contribution in [1.29, 1.82) is 0 Å². The Hall–Kier alpha value is -1.35. The molecule has 0 spiro atoms. The molecule has 0 bridgehead atoms. The molecular weight excluding hydrogens is 188 g/mol. The van der Waals surface area contributed by atoms with E-state index >= 15 is 0 Å². The summed E-state index contributed by atoms with van der Waals surface area (Å²) < 4.78 is 0. The number of β-lactam (4-membered cyclic amide) rings is 1. The van der Waals surface area contributed by atoms with Gasteiger partial charge >= 0.3 is 0 Å². The third-order valence-electron chi connectivity index (χ3n) is 3.46. The van der Waals surface area contributed by atoms with Crippen molar-refractivity contribution >= 4 is 5.91 Å². The number of likely N-dealkylation sites (tertiary alicyclic amines) is 1. The molecule has 0 radical (unpaired) electrons. The minimum atomic E-state index is -0.242. The summed E-state index contributed by atoms with van der Waals surface area (Å²) in [7, 11) is 0. The van der Waals surface area contributed by atoms with E-state index < -0.39 is 0 Å². The van der Waals surface area contributed by atoms with Crippen LogP contribution in [0.4, 0.5) is 0 Å². The van der Waals surface area contributed by atoms with Crippen molar-refractivity contribution in [2.45, 2.75) is 24.9 Å². The van der Waals surface area contributed by atoms with Gasteiger partial charge in [0.25, 0.3) is 0 Å². The number of carbonyl (C=O) groups excluding carboxylic acids is 1. The molecule has 1 aliphatic heterocycles. The molecule has 1 aliphatic carbocycles. The van der Waals surface area contributed by atoms with Crippen LogP contribution < -0.4 is 5.73 Å². The van der Waals surface area contributed by atoms with Gasteiger partial charge in [-0.25, -0.2) is 0 Å².